The molecule has 0 aliphatic carbocycles. The van der Waals surface area contributed by atoms with E-state index in [1.54, 1.807) is 11.3 Å². The van der Waals surface area contributed by atoms with Crippen LogP contribution >= 0.6 is 35.3 Å². The van der Waals surface area contributed by atoms with Crippen LogP contribution in [0.3, 0.4) is 0 Å². The molecule has 2 N–H and O–H groups in total. The predicted octanol–water partition coefficient (Wildman–Crippen LogP) is 3.58. The molecular formula is C19H28IN5OS. The van der Waals surface area contributed by atoms with Gasteiger partial charge < -0.3 is 20.3 Å². The van der Waals surface area contributed by atoms with Crippen molar-refractivity contribution in [1.29, 1.82) is 0 Å². The molecular weight excluding hydrogens is 473 g/mol. The molecule has 0 amide bonds. The maximum Gasteiger partial charge on any atom is 0.191 e. The summed E-state index contributed by atoms with van der Waals surface area (Å²) >= 11 is 1.68. The number of guanidine groups is 1. The van der Waals surface area contributed by atoms with E-state index in [-0.39, 0.29) is 24.0 Å². The summed E-state index contributed by atoms with van der Waals surface area (Å²) in [6.07, 6.45) is 4.06. The lowest BCUT2D eigenvalue weighted by atomic mass is 10.2. The molecule has 0 bridgehead atoms. The Bertz CT molecular complexity index is 702. The zero-order valence-corrected chi connectivity index (χ0v) is 18.9. The number of anilines is 1. The molecule has 1 aliphatic heterocycles. The maximum atomic E-state index is 6.21. The van der Waals surface area contributed by atoms with Crippen LogP contribution in [0.5, 0.6) is 5.75 Å². The van der Waals surface area contributed by atoms with E-state index >= 15 is 0 Å². The SMILES string of the molecule is CCCCOc1cccc(CN=C(N)N2CCN(c3nccs3)CC2)c1.I. The normalized spacial score (nSPS) is 14.8. The zero-order valence-electron chi connectivity index (χ0n) is 15.7. The van der Waals surface area contributed by atoms with Gasteiger partial charge in [-0.05, 0) is 24.1 Å². The summed E-state index contributed by atoms with van der Waals surface area (Å²) < 4.78 is 5.76. The fraction of sp³-hybridized carbons (Fsp3) is 0.474. The molecule has 3 rings (SSSR count). The first-order valence-electron chi connectivity index (χ1n) is 9.17. The van der Waals surface area contributed by atoms with Gasteiger partial charge in [0.15, 0.2) is 11.1 Å². The monoisotopic (exact) mass is 501 g/mol. The van der Waals surface area contributed by atoms with Crippen LogP contribution in [0.2, 0.25) is 0 Å². The number of thiazole rings is 1. The topological polar surface area (TPSA) is 67.0 Å². The van der Waals surface area contributed by atoms with Crippen molar-refractivity contribution in [1.82, 2.24) is 9.88 Å². The van der Waals surface area contributed by atoms with Gasteiger partial charge in [-0.3, -0.25) is 0 Å². The van der Waals surface area contributed by atoms with E-state index in [0.29, 0.717) is 12.5 Å². The van der Waals surface area contributed by atoms with Gasteiger partial charge in [0.05, 0.1) is 13.2 Å². The molecule has 6 nitrogen and oxygen atoms in total. The van der Waals surface area contributed by atoms with Gasteiger partial charge in [0, 0.05) is 37.8 Å². The fourth-order valence-electron chi connectivity index (χ4n) is 2.84. The van der Waals surface area contributed by atoms with Crippen LogP contribution in [0.25, 0.3) is 0 Å². The number of aromatic nitrogens is 1. The summed E-state index contributed by atoms with van der Waals surface area (Å²) in [7, 11) is 0. The van der Waals surface area contributed by atoms with E-state index in [2.05, 4.69) is 32.8 Å². The summed E-state index contributed by atoms with van der Waals surface area (Å²) in [5, 5.41) is 3.09. The number of unbranched alkanes of at least 4 members (excludes halogenated alkanes) is 1. The van der Waals surface area contributed by atoms with E-state index in [1.807, 2.05) is 29.8 Å². The molecule has 0 saturated carbocycles. The third kappa shape index (κ3) is 6.53. The first-order chi connectivity index (χ1) is 12.8. The van der Waals surface area contributed by atoms with Gasteiger partial charge >= 0.3 is 0 Å². The van der Waals surface area contributed by atoms with Crippen LogP contribution in [0.1, 0.15) is 25.3 Å². The van der Waals surface area contributed by atoms with Crippen LogP contribution in [0.4, 0.5) is 5.13 Å². The second kappa shape index (κ2) is 11.3. The number of halogens is 1. The Morgan fingerprint density at radius 3 is 2.81 bits per heavy atom. The predicted molar refractivity (Wildman–Crippen MR) is 123 cm³/mol. The first-order valence-corrected chi connectivity index (χ1v) is 10.1. The molecule has 2 heterocycles. The molecule has 2 aromatic rings. The highest BCUT2D eigenvalue weighted by Gasteiger charge is 2.19. The molecule has 1 aromatic carbocycles. The number of aliphatic imine (C=N–C) groups is 1. The van der Waals surface area contributed by atoms with Crippen LogP contribution in [-0.2, 0) is 6.54 Å². The molecule has 148 valence electrons. The molecule has 0 radical (unpaired) electrons. The van der Waals surface area contributed by atoms with Crippen molar-refractivity contribution < 1.29 is 4.74 Å². The minimum atomic E-state index is 0. The molecule has 1 fully saturated rings. The summed E-state index contributed by atoms with van der Waals surface area (Å²) in [6.45, 7) is 7.07. The van der Waals surface area contributed by atoms with Crippen molar-refractivity contribution in [2.75, 3.05) is 37.7 Å². The average Bonchev–Trinajstić information content (AvgIpc) is 3.22. The van der Waals surface area contributed by atoms with Crippen molar-refractivity contribution in [3.63, 3.8) is 0 Å². The van der Waals surface area contributed by atoms with Gasteiger partial charge in [-0.2, -0.15) is 0 Å². The number of ether oxygens (including phenoxy) is 1. The summed E-state index contributed by atoms with van der Waals surface area (Å²) in [5.74, 6) is 1.52. The highest BCUT2D eigenvalue weighted by Crippen LogP contribution is 2.19. The molecule has 1 saturated heterocycles. The zero-order chi connectivity index (χ0) is 18.2. The van der Waals surface area contributed by atoms with E-state index in [4.69, 9.17) is 10.5 Å². The van der Waals surface area contributed by atoms with Gasteiger partial charge in [0.25, 0.3) is 0 Å². The van der Waals surface area contributed by atoms with Gasteiger partial charge in [-0.25, -0.2) is 9.98 Å². The number of nitrogens with two attached hydrogens (primary N) is 1. The van der Waals surface area contributed by atoms with Crippen LogP contribution in [0, 0.1) is 0 Å². The van der Waals surface area contributed by atoms with Gasteiger partial charge in [0.1, 0.15) is 5.75 Å². The Morgan fingerprint density at radius 1 is 1.30 bits per heavy atom. The largest absolute Gasteiger partial charge is 0.494 e. The highest BCUT2D eigenvalue weighted by atomic mass is 127. The maximum absolute atomic E-state index is 6.21. The lowest BCUT2D eigenvalue weighted by Crippen LogP contribution is -2.51. The van der Waals surface area contributed by atoms with Gasteiger partial charge in [-0.1, -0.05) is 25.5 Å². The fourth-order valence-corrected chi connectivity index (χ4v) is 3.54. The summed E-state index contributed by atoms with van der Waals surface area (Å²) in [6, 6.07) is 8.11. The quantitative estimate of drug-likeness (QED) is 0.272. The Kier molecular flexibility index (Phi) is 9.12. The van der Waals surface area contributed by atoms with E-state index < -0.39 is 0 Å². The van der Waals surface area contributed by atoms with E-state index in [9.17, 15) is 0 Å². The number of hydrogen-bond acceptors (Lipinski definition) is 5. The summed E-state index contributed by atoms with van der Waals surface area (Å²) in [5.41, 5.74) is 7.32. The molecule has 1 aromatic heterocycles. The van der Waals surface area contributed by atoms with Crippen molar-refractivity contribution in [3.05, 3.63) is 41.4 Å². The van der Waals surface area contributed by atoms with Crippen LogP contribution in [-0.4, -0.2) is 48.6 Å². The minimum absolute atomic E-state index is 0. The lowest BCUT2D eigenvalue weighted by Gasteiger charge is -2.35. The Labute approximate surface area is 182 Å². The van der Waals surface area contributed by atoms with Crippen molar-refractivity contribution in [2.24, 2.45) is 10.7 Å². The molecule has 27 heavy (non-hydrogen) atoms. The lowest BCUT2D eigenvalue weighted by molar-refractivity contribution is 0.309. The van der Waals surface area contributed by atoms with E-state index in [1.165, 1.54) is 0 Å². The molecule has 8 heteroatoms. The smallest absolute Gasteiger partial charge is 0.191 e. The number of rotatable bonds is 7. The number of nitrogens with zero attached hydrogens (tertiary/aromatic N) is 4. The molecule has 0 spiro atoms. The van der Waals surface area contributed by atoms with E-state index in [0.717, 1.165) is 62.1 Å². The third-order valence-electron chi connectivity index (χ3n) is 4.38. The first kappa shape index (κ1) is 21.7. The molecule has 0 unspecified atom stereocenters. The number of hydrogen-bond donors (Lipinski definition) is 1. The van der Waals surface area contributed by atoms with Crippen molar-refractivity contribution >= 4 is 46.4 Å². The average molecular weight is 501 g/mol. The Morgan fingerprint density at radius 2 is 2.11 bits per heavy atom. The van der Waals surface area contributed by atoms with Gasteiger partial charge in [-0.15, -0.1) is 35.3 Å². The molecule has 1 aliphatic rings. The molecule has 0 atom stereocenters. The Balaban J connectivity index is 0.00000261. The van der Waals surface area contributed by atoms with Crippen molar-refractivity contribution in [2.45, 2.75) is 26.3 Å². The number of benzene rings is 1. The summed E-state index contributed by atoms with van der Waals surface area (Å²) in [4.78, 5) is 13.4. The highest BCUT2D eigenvalue weighted by molar-refractivity contribution is 14.0. The van der Waals surface area contributed by atoms with Crippen LogP contribution in [0.15, 0.2) is 40.8 Å². The number of piperazine rings is 1. The van der Waals surface area contributed by atoms with Crippen molar-refractivity contribution in [3.8, 4) is 5.75 Å². The van der Waals surface area contributed by atoms with Crippen LogP contribution < -0.4 is 15.4 Å². The third-order valence-corrected chi connectivity index (χ3v) is 5.21. The second-order valence-electron chi connectivity index (χ2n) is 6.31. The second-order valence-corrected chi connectivity index (χ2v) is 7.19. The standard InChI is InChI=1S/C19H27N5OS.HI/c1-2-3-12-25-17-6-4-5-16(14-17)15-22-18(20)23-8-10-24(11-9-23)19-21-7-13-26-19;/h4-7,13-14H,2-3,8-12,15H2,1H3,(H2,20,22);1H. The Hall–Kier alpha value is -1.55. The minimum Gasteiger partial charge on any atom is -0.494 e. The van der Waals surface area contributed by atoms with Gasteiger partial charge in [0.2, 0.25) is 0 Å².